The number of rotatable bonds is 1. The summed E-state index contributed by atoms with van der Waals surface area (Å²) in [5.74, 6) is -0.433. The highest BCUT2D eigenvalue weighted by Crippen LogP contribution is 2.36. The van der Waals surface area contributed by atoms with Crippen LogP contribution in [0.3, 0.4) is 0 Å². The van der Waals surface area contributed by atoms with Crippen molar-refractivity contribution < 1.29 is 9.18 Å². The summed E-state index contributed by atoms with van der Waals surface area (Å²) in [5, 5.41) is 2.81. The molecule has 1 amide bonds. The van der Waals surface area contributed by atoms with E-state index in [1.807, 2.05) is 18.2 Å². The smallest absolute Gasteiger partial charge is 0.244 e. The number of anilines is 3. The van der Waals surface area contributed by atoms with Crippen molar-refractivity contribution in [2.45, 2.75) is 0 Å². The molecule has 0 saturated carbocycles. The summed E-state index contributed by atoms with van der Waals surface area (Å²) in [4.78, 5) is 13.5. The molecule has 1 heterocycles. The van der Waals surface area contributed by atoms with Gasteiger partial charge in [0.1, 0.15) is 12.4 Å². The largest absolute Gasteiger partial charge is 0.330 e. The molecule has 1 aliphatic rings. The van der Waals surface area contributed by atoms with Crippen molar-refractivity contribution in [3.63, 3.8) is 0 Å². The minimum atomic E-state index is -0.317. The normalized spacial score (nSPS) is 14.0. The zero-order valence-electron chi connectivity index (χ0n) is 9.86. The Morgan fingerprint density at radius 2 is 2.05 bits per heavy atom. The molecule has 0 saturated heterocycles. The van der Waals surface area contributed by atoms with E-state index in [9.17, 15) is 9.18 Å². The molecule has 5 heteroatoms. The molecule has 19 heavy (non-hydrogen) atoms. The topological polar surface area (TPSA) is 32.3 Å². The minimum absolute atomic E-state index is 0.116. The summed E-state index contributed by atoms with van der Waals surface area (Å²) >= 11 is 3.37. The molecule has 1 N–H and O–H groups in total. The molecule has 0 spiro atoms. The maximum atomic E-state index is 13.3. The highest BCUT2D eigenvalue weighted by Gasteiger charge is 2.23. The first-order valence-electron chi connectivity index (χ1n) is 5.76. The Kier molecular flexibility index (Phi) is 2.98. The van der Waals surface area contributed by atoms with Crippen LogP contribution in [-0.4, -0.2) is 12.5 Å². The average molecular weight is 321 g/mol. The number of hydrogen-bond donors (Lipinski definition) is 1. The van der Waals surface area contributed by atoms with Crippen LogP contribution in [0.25, 0.3) is 0 Å². The molecule has 96 valence electrons. The first-order valence-corrected chi connectivity index (χ1v) is 6.55. The van der Waals surface area contributed by atoms with Gasteiger partial charge in [-0.25, -0.2) is 4.39 Å². The predicted molar refractivity (Wildman–Crippen MR) is 76.2 cm³/mol. The van der Waals surface area contributed by atoms with E-state index >= 15 is 0 Å². The molecule has 0 unspecified atom stereocenters. The molecule has 0 bridgehead atoms. The molecule has 2 aromatic carbocycles. The molecule has 3 nitrogen and oxygen atoms in total. The summed E-state index contributed by atoms with van der Waals surface area (Å²) in [6, 6.07) is 11.8. The van der Waals surface area contributed by atoms with E-state index in [0.29, 0.717) is 5.69 Å². The number of nitrogens with zero attached hydrogens (tertiary/aromatic N) is 1. The van der Waals surface area contributed by atoms with E-state index in [-0.39, 0.29) is 18.3 Å². The van der Waals surface area contributed by atoms with Crippen molar-refractivity contribution in [3.05, 3.63) is 52.8 Å². The van der Waals surface area contributed by atoms with Gasteiger partial charge in [0.25, 0.3) is 0 Å². The van der Waals surface area contributed by atoms with Gasteiger partial charge in [0.2, 0.25) is 5.91 Å². The number of carbonyl (C=O) groups is 1. The van der Waals surface area contributed by atoms with Gasteiger partial charge in [0.05, 0.1) is 11.4 Å². The van der Waals surface area contributed by atoms with Gasteiger partial charge in [-0.3, -0.25) is 4.79 Å². The number of halogens is 2. The molecular formula is C14H10BrFN2O. The van der Waals surface area contributed by atoms with Crippen LogP contribution in [0.15, 0.2) is 46.9 Å². The van der Waals surface area contributed by atoms with Crippen LogP contribution in [0.2, 0.25) is 0 Å². The molecule has 1 aliphatic heterocycles. The van der Waals surface area contributed by atoms with Gasteiger partial charge in [-0.1, -0.05) is 22.0 Å². The monoisotopic (exact) mass is 320 g/mol. The SMILES string of the molecule is O=C1CN(c2cccc(F)c2)c2ccc(Br)cc2N1. The highest BCUT2D eigenvalue weighted by atomic mass is 79.9. The number of fused-ring (bicyclic) bond motifs is 1. The molecule has 2 aromatic rings. The molecule has 0 fully saturated rings. The van der Waals surface area contributed by atoms with E-state index in [2.05, 4.69) is 21.2 Å². The van der Waals surface area contributed by atoms with Crippen LogP contribution in [0.1, 0.15) is 0 Å². The van der Waals surface area contributed by atoms with Gasteiger partial charge in [-0.15, -0.1) is 0 Å². The molecule has 0 aliphatic carbocycles. The molecule has 3 rings (SSSR count). The minimum Gasteiger partial charge on any atom is -0.330 e. The Bertz CT molecular complexity index is 660. The summed E-state index contributed by atoms with van der Waals surface area (Å²) in [6.45, 7) is 0.179. The molecule has 0 aromatic heterocycles. The zero-order chi connectivity index (χ0) is 13.4. The van der Waals surface area contributed by atoms with E-state index < -0.39 is 0 Å². The van der Waals surface area contributed by atoms with Gasteiger partial charge in [-0.2, -0.15) is 0 Å². The predicted octanol–water partition coefficient (Wildman–Crippen LogP) is 3.68. The van der Waals surface area contributed by atoms with Crippen LogP contribution in [0, 0.1) is 5.82 Å². The highest BCUT2D eigenvalue weighted by molar-refractivity contribution is 9.10. The van der Waals surface area contributed by atoms with Gasteiger partial charge < -0.3 is 10.2 Å². The molecule has 0 atom stereocenters. The fourth-order valence-electron chi connectivity index (χ4n) is 2.14. The van der Waals surface area contributed by atoms with Crippen molar-refractivity contribution in [1.29, 1.82) is 0 Å². The third-order valence-corrected chi connectivity index (χ3v) is 3.44. The van der Waals surface area contributed by atoms with Crippen molar-refractivity contribution in [2.24, 2.45) is 0 Å². The third kappa shape index (κ3) is 2.33. The summed E-state index contributed by atoms with van der Waals surface area (Å²) in [7, 11) is 0. The van der Waals surface area contributed by atoms with E-state index in [4.69, 9.17) is 0 Å². The first-order chi connectivity index (χ1) is 9.13. The number of hydrogen-bond acceptors (Lipinski definition) is 2. The Balaban J connectivity index is 2.11. The standard InChI is InChI=1S/C14H10BrFN2O/c15-9-4-5-13-12(6-9)17-14(19)8-18(13)11-3-1-2-10(16)7-11/h1-7H,8H2,(H,17,19). The number of amides is 1. The Hall–Kier alpha value is -1.88. The molecule has 0 radical (unpaired) electrons. The van der Waals surface area contributed by atoms with Gasteiger partial charge in [0, 0.05) is 10.2 Å². The van der Waals surface area contributed by atoms with Gasteiger partial charge in [0.15, 0.2) is 0 Å². The lowest BCUT2D eigenvalue weighted by Crippen LogP contribution is -2.35. The van der Waals surface area contributed by atoms with Gasteiger partial charge in [-0.05, 0) is 36.4 Å². The van der Waals surface area contributed by atoms with Crippen molar-refractivity contribution in [1.82, 2.24) is 0 Å². The van der Waals surface area contributed by atoms with Crippen LogP contribution in [0.5, 0.6) is 0 Å². The Labute approximate surface area is 118 Å². The van der Waals surface area contributed by atoms with E-state index in [0.717, 1.165) is 15.8 Å². The maximum Gasteiger partial charge on any atom is 0.244 e. The van der Waals surface area contributed by atoms with E-state index in [1.54, 1.807) is 17.0 Å². The first kappa shape index (κ1) is 12.2. The fourth-order valence-corrected chi connectivity index (χ4v) is 2.50. The summed E-state index contributed by atoms with van der Waals surface area (Å²) < 4.78 is 14.2. The molecular weight excluding hydrogens is 311 g/mol. The van der Waals surface area contributed by atoms with Crippen LogP contribution < -0.4 is 10.2 Å². The quantitative estimate of drug-likeness (QED) is 0.869. The lowest BCUT2D eigenvalue weighted by atomic mass is 10.1. The lowest BCUT2D eigenvalue weighted by molar-refractivity contribution is -0.115. The average Bonchev–Trinajstić information content (AvgIpc) is 2.37. The number of nitrogens with one attached hydrogen (secondary N) is 1. The second-order valence-corrected chi connectivity index (χ2v) is 5.19. The third-order valence-electron chi connectivity index (χ3n) is 2.95. The summed E-state index contributed by atoms with van der Waals surface area (Å²) in [5.41, 5.74) is 2.24. The number of benzene rings is 2. The number of carbonyl (C=O) groups excluding carboxylic acids is 1. The van der Waals surface area contributed by atoms with Crippen LogP contribution in [0.4, 0.5) is 21.5 Å². The zero-order valence-corrected chi connectivity index (χ0v) is 11.4. The second-order valence-electron chi connectivity index (χ2n) is 4.28. The van der Waals surface area contributed by atoms with Crippen molar-refractivity contribution in [2.75, 3.05) is 16.8 Å². The maximum absolute atomic E-state index is 13.3. The second kappa shape index (κ2) is 4.66. The summed E-state index contributed by atoms with van der Waals surface area (Å²) in [6.07, 6.45) is 0. The Morgan fingerprint density at radius 1 is 1.21 bits per heavy atom. The van der Waals surface area contributed by atoms with Gasteiger partial charge >= 0.3 is 0 Å². The van der Waals surface area contributed by atoms with Crippen LogP contribution >= 0.6 is 15.9 Å². The lowest BCUT2D eigenvalue weighted by Gasteiger charge is -2.31. The van der Waals surface area contributed by atoms with Crippen molar-refractivity contribution in [3.8, 4) is 0 Å². The van der Waals surface area contributed by atoms with Crippen LogP contribution in [-0.2, 0) is 4.79 Å². The van der Waals surface area contributed by atoms with Crippen molar-refractivity contribution >= 4 is 38.9 Å². The fraction of sp³-hybridized carbons (Fsp3) is 0.0714. The Morgan fingerprint density at radius 3 is 2.84 bits per heavy atom. The van der Waals surface area contributed by atoms with E-state index in [1.165, 1.54) is 12.1 Å².